The van der Waals surface area contributed by atoms with Crippen LogP contribution in [0.1, 0.15) is 11.1 Å². The zero-order valence-electron chi connectivity index (χ0n) is 9.83. The van der Waals surface area contributed by atoms with Crippen molar-refractivity contribution in [2.24, 2.45) is 0 Å². The second-order valence-corrected chi connectivity index (χ2v) is 4.15. The first-order chi connectivity index (χ1) is 8.02. The average Bonchev–Trinajstić information content (AvgIpc) is 2.13. The highest BCUT2D eigenvalue weighted by Gasteiger charge is 2.02. The normalized spacial score (nSPS) is 10.3. The van der Waals surface area contributed by atoms with Gasteiger partial charge in [-0.05, 0) is 43.2 Å². The first-order valence-corrected chi connectivity index (χ1v) is 5.35. The molecule has 0 heterocycles. The van der Waals surface area contributed by atoms with Gasteiger partial charge in [-0.2, -0.15) is 0 Å². The van der Waals surface area contributed by atoms with Crippen molar-refractivity contribution in [3.05, 3.63) is 53.3 Å². The van der Waals surface area contributed by atoms with E-state index < -0.39 is 5.82 Å². The third kappa shape index (κ3) is 2.97. The van der Waals surface area contributed by atoms with Gasteiger partial charge in [-0.1, -0.05) is 6.07 Å². The van der Waals surface area contributed by atoms with Crippen molar-refractivity contribution in [2.45, 2.75) is 13.8 Å². The number of anilines is 1. The van der Waals surface area contributed by atoms with Crippen LogP contribution in [-0.2, 0) is 0 Å². The topological polar surface area (TPSA) is 35.2 Å². The Hall–Kier alpha value is -2.03. The molecule has 0 unspecified atom stereocenters. The van der Waals surface area contributed by atoms with Gasteiger partial charge in [0.15, 0.2) is 0 Å². The van der Waals surface area contributed by atoms with Crippen molar-refractivity contribution in [1.29, 1.82) is 0 Å². The summed E-state index contributed by atoms with van der Waals surface area (Å²) in [5, 5.41) is 0. The number of aryl methyl sites for hydroxylation is 2. The molecule has 2 rings (SSSR count). The molecule has 2 nitrogen and oxygen atoms in total. The summed E-state index contributed by atoms with van der Waals surface area (Å²) in [7, 11) is 0. The van der Waals surface area contributed by atoms with Crippen LogP contribution in [0, 0.1) is 19.7 Å². The highest BCUT2D eigenvalue weighted by molar-refractivity contribution is 5.46. The van der Waals surface area contributed by atoms with Crippen LogP contribution in [0.3, 0.4) is 0 Å². The molecule has 2 aromatic carbocycles. The Labute approximate surface area is 99.8 Å². The molecule has 0 aliphatic heterocycles. The zero-order chi connectivity index (χ0) is 12.4. The molecule has 0 fully saturated rings. The summed E-state index contributed by atoms with van der Waals surface area (Å²) in [5.41, 5.74) is 8.11. The lowest BCUT2D eigenvalue weighted by Gasteiger charge is -2.08. The first-order valence-electron chi connectivity index (χ1n) is 5.35. The fraction of sp³-hybridized carbons (Fsp3) is 0.143. The van der Waals surface area contributed by atoms with Crippen molar-refractivity contribution in [3.8, 4) is 11.5 Å². The monoisotopic (exact) mass is 231 g/mol. The van der Waals surface area contributed by atoms with Crippen molar-refractivity contribution in [3.63, 3.8) is 0 Å². The molecule has 2 aromatic rings. The molecule has 88 valence electrons. The molecular formula is C14H14FNO. The predicted octanol–water partition coefficient (Wildman–Crippen LogP) is 3.82. The van der Waals surface area contributed by atoms with Crippen LogP contribution in [0.15, 0.2) is 36.4 Å². The van der Waals surface area contributed by atoms with E-state index in [1.165, 1.54) is 12.1 Å². The number of benzene rings is 2. The van der Waals surface area contributed by atoms with Gasteiger partial charge in [0, 0.05) is 17.8 Å². The summed E-state index contributed by atoms with van der Waals surface area (Å²) in [6.45, 7) is 3.97. The number of ether oxygens (including phenoxy) is 1. The van der Waals surface area contributed by atoms with Gasteiger partial charge in [-0.15, -0.1) is 0 Å². The van der Waals surface area contributed by atoms with Crippen molar-refractivity contribution >= 4 is 5.69 Å². The molecule has 3 heteroatoms. The molecule has 0 saturated carbocycles. The van der Waals surface area contributed by atoms with Crippen LogP contribution in [-0.4, -0.2) is 0 Å². The van der Waals surface area contributed by atoms with Crippen LogP contribution in [0.2, 0.25) is 0 Å². The van der Waals surface area contributed by atoms with E-state index in [0.29, 0.717) is 17.2 Å². The summed E-state index contributed by atoms with van der Waals surface area (Å²) in [4.78, 5) is 0. The maximum absolute atomic E-state index is 13.1. The molecule has 17 heavy (non-hydrogen) atoms. The fourth-order valence-electron chi connectivity index (χ4n) is 1.77. The first kappa shape index (κ1) is 11.5. The van der Waals surface area contributed by atoms with Crippen LogP contribution >= 0.6 is 0 Å². The number of hydrogen-bond acceptors (Lipinski definition) is 2. The van der Waals surface area contributed by atoms with E-state index in [1.54, 1.807) is 6.07 Å². The second-order valence-electron chi connectivity index (χ2n) is 4.15. The van der Waals surface area contributed by atoms with Crippen molar-refractivity contribution in [2.75, 3.05) is 5.73 Å². The van der Waals surface area contributed by atoms with Crippen LogP contribution in [0.25, 0.3) is 0 Å². The van der Waals surface area contributed by atoms with E-state index >= 15 is 0 Å². The van der Waals surface area contributed by atoms with E-state index in [-0.39, 0.29) is 0 Å². The quantitative estimate of drug-likeness (QED) is 0.797. The average molecular weight is 231 g/mol. The largest absolute Gasteiger partial charge is 0.457 e. The molecule has 0 bridgehead atoms. The molecule has 0 aromatic heterocycles. The maximum Gasteiger partial charge on any atom is 0.132 e. The van der Waals surface area contributed by atoms with Gasteiger partial charge in [-0.25, -0.2) is 4.39 Å². The van der Waals surface area contributed by atoms with Crippen LogP contribution in [0.5, 0.6) is 11.5 Å². The van der Waals surface area contributed by atoms with Gasteiger partial charge in [-0.3, -0.25) is 0 Å². The molecule has 0 atom stereocenters. The molecule has 0 radical (unpaired) electrons. The Morgan fingerprint density at radius 2 is 1.47 bits per heavy atom. The maximum atomic E-state index is 13.1. The highest BCUT2D eigenvalue weighted by Crippen LogP contribution is 2.26. The molecule has 0 spiro atoms. The Morgan fingerprint density at radius 3 is 2.06 bits per heavy atom. The van der Waals surface area contributed by atoms with Crippen molar-refractivity contribution in [1.82, 2.24) is 0 Å². The van der Waals surface area contributed by atoms with Gasteiger partial charge in [0.05, 0.1) is 0 Å². The smallest absolute Gasteiger partial charge is 0.132 e. The molecular weight excluding hydrogens is 217 g/mol. The summed E-state index contributed by atoms with van der Waals surface area (Å²) in [6.07, 6.45) is 0. The predicted molar refractivity (Wildman–Crippen MR) is 66.8 cm³/mol. The van der Waals surface area contributed by atoms with E-state index in [0.717, 1.165) is 11.1 Å². The lowest BCUT2D eigenvalue weighted by Crippen LogP contribution is -1.91. The number of halogens is 1. The molecule has 0 saturated heterocycles. The Morgan fingerprint density at radius 1 is 0.882 bits per heavy atom. The van der Waals surface area contributed by atoms with Gasteiger partial charge < -0.3 is 10.5 Å². The number of nitrogen functional groups attached to an aromatic ring is 1. The van der Waals surface area contributed by atoms with Gasteiger partial charge in [0.1, 0.15) is 17.3 Å². The van der Waals surface area contributed by atoms with Gasteiger partial charge >= 0.3 is 0 Å². The van der Waals surface area contributed by atoms with E-state index in [2.05, 4.69) is 0 Å². The molecule has 0 aliphatic rings. The van der Waals surface area contributed by atoms with E-state index in [4.69, 9.17) is 10.5 Å². The minimum absolute atomic E-state index is 0.351. The Bertz CT molecular complexity index is 462. The van der Waals surface area contributed by atoms with Gasteiger partial charge in [0.25, 0.3) is 0 Å². The lowest BCUT2D eigenvalue weighted by molar-refractivity contribution is 0.476. The minimum Gasteiger partial charge on any atom is -0.457 e. The summed E-state index contributed by atoms with van der Waals surface area (Å²) in [5.74, 6) is 0.698. The van der Waals surface area contributed by atoms with Crippen molar-refractivity contribution < 1.29 is 9.13 Å². The number of rotatable bonds is 2. The summed E-state index contributed by atoms with van der Waals surface area (Å²) < 4.78 is 18.7. The van der Waals surface area contributed by atoms with Crippen LogP contribution in [0.4, 0.5) is 10.1 Å². The minimum atomic E-state index is -0.399. The number of hydrogen-bond donors (Lipinski definition) is 1. The standard InChI is InChI=1S/C14H14FNO/c1-9-3-10(2)5-13(4-9)17-14-7-11(15)6-12(16)8-14/h3-8H,16H2,1-2H3. The molecule has 2 N–H and O–H groups in total. The number of nitrogens with two attached hydrogens (primary N) is 1. The van der Waals surface area contributed by atoms with Gasteiger partial charge in [0.2, 0.25) is 0 Å². The third-order valence-corrected chi connectivity index (χ3v) is 2.32. The Kier molecular flexibility index (Phi) is 3.00. The lowest BCUT2D eigenvalue weighted by atomic mass is 10.1. The van der Waals surface area contributed by atoms with E-state index in [1.807, 2.05) is 32.0 Å². The fourth-order valence-corrected chi connectivity index (χ4v) is 1.77. The zero-order valence-corrected chi connectivity index (χ0v) is 9.83. The molecule has 0 aliphatic carbocycles. The van der Waals surface area contributed by atoms with E-state index in [9.17, 15) is 4.39 Å². The third-order valence-electron chi connectivity index (χ3n) is 2.32. The summed E-state index contributed by atoms with van der Waals surface area (Å²) >= 11 is 0. The van der Waals surface area contributed by atoms with Crippen LogP contribution < -0.4 is 10.5 Å². The SMILES string of the molecule is Cc1cc(C)cc(Oc2cc(N)cc(F)c2)c1. The summed E-state index contributed by atoms with van der Waals surface area (Å²) in [6, 6.07) is 10.0. The Balaban J connectivity index is 2.31. The molecule has 0 amide bonds. The highest BCUT2D eigenvalue weighted by atomic mass is 19.1. The second kappa shape index (κ2) is 4.45.